The summed E-state index contributed by atoms with van der Waals surface area (Å²) in [6.45, 7) is 1.27. The first kappa shape index (κ1) is 17.5. The van der Waals surface area contributed by atoms with E-state index in [0.29, 0.717) is 17.4 Å². The molecule has 1 atom stereocenters. The Morgan fingerprint density at radius 3 is 2.78 bits per heavy atom. The number of amides is 1. The Labute approximate surface area is 135 Å². The van der Waals surface area contributed by atoms with Crippen LogP contribution in [0.3, 0.4) is 0 Å². The minimum atomic E-state index is -3.71. The molecule has 7 nitrogen and oxygen atoms in total. The molecular formula is C15H20N2O5S. The number of rotatable bonds is 5. The van der Waals surface area contributed by atoms with Crippen LogP contribution in [0.25, 0.3) is 0 Å². The van der Waals surface area contributed by atoms with Gasteiger partial charge in [-0.3, -0.25) is 10.0 Å². The molecule has 8 heteroatoms. The maximum Gasteiger partial charge on any atom is 0.264 e. The van der Waals surface area contributed by atoms with Gasteiger partial charge in [0.05, 0.1) is 5.69 Å². The van der Waals surface area contributed by atoms with Crippen LogP contribution in [-0.4, -0.2) is 35.7 Å². The number of hydroxylamine groups is 1. The van der Waals surface area contributed by atoms with Crippen LogP contribution in [0.1, 0.15) is 44.1 Å². The fourth-order valence-corrected chi connectivity index (χ4v) is 3.02. The topological polar surface area (TPSA) is 110 Å². The molecule has 1 aromatic rings. The molecule has 1 aromatic heterocycles. The smallest absolute Gasteiger partial charge is 0.264 e. The summed E-state index contributed by atoms with van der Waals surface area (Å²) in [5.74, 6) is 5.89. The summed E-state index contributed by atoms with van der Waals surface area (Å²) in [6, 6.07) is 1.64. The summed E-state index contributed by atoms with van der Waals surface area (Å²) in [6.07, 6.45) is 4.57. The average Bonchev–Trinajstić information content (AvgIpc) is 2.89. The summed E-state index contributed by atoms with van der Waals surface area (Å²) in [5.41, 5.74) is 1.93. The van der Waals surface area contributed by atoms with E-state index in [2.05, 4.69) is 17.0 Å². The van der Waals surface area contributed by atoms with Crippen molar-refractivity contribution in [1.82, 2.24) is 10.6 Å². The van der Waals surface area contributed by atoms with Crippen molar-refractivity contribution < 1.29 is 22.9 Å². The summed E-state index contributed by atoms with van der Waals surface area (Å²) >= 11 is 0. The number of hydrogen-bond acceptors (Lipinski definition) is 6. The highest BCUT2D eigenvalue weighted by molar-refractivity contribution is 7.92. The zero-order valence-corrected chi connectivity index (χ0v) is 13.9. The Morgan fingerprint density at radius 2 is 2.26 bits per heavy atom. The SMILES string of the molecule is C[C@@](CCc1cc(C#CC2CCC2)on1)(C(=O)NO)S(C)(=O)=O. The molecule has 1 fully saturated rings. The Morgan fingerprint density at radius 1 is 1.57 bits per heavy atom. The van der Waals surface area contributed by atoms with Gasteiger partial charge < -0.3 is 4.52 Å². The molecule has 23 heavy (non-hydrogen) atoms. The molecule has 0 radical (unpaired) electrons. The lowest BCUT2D eigenvalue weighted by molar-refractivity contribution is -0.131. The maximum absolute atomic E-state index is 11.9. The van der Waals surface area contributed by atoms with Crippen LogP contribution >= 0.6 is 0 Å². The van der Waals surface area contributed by atoms with Gasteiger partial charge in [0.2, 0.25) is 5.76 Å². The fourth-order valence-electron chi connectivity index (χ4n) is 2.17. The molecule has 0 aromatic carbocycles. The first-order chi connectivity index (χ1) is 10.8. The van der Waals surface area contributed by atoms with Crippen LogP contribution in [-0.2, 0) is 21.1 Å². The highest BCUT2D eigenvalue weighted by Crippen LogP contribution is 2.25. The van der Waals surface area contributed by atoms with Gasteiger partial charge >= 0.3 is 0 Å². The number of nitrogens with zero attached hydrogens (tertiary/aromatic N) is 1. The lowest BCUT2D eigenvalue weighted by Crippen LogP contribution is -2.49. The van der Waals surface area contributed by atoms with Crippen molar-refractivity contribution in [3.05, 3.63) is 17.5 Å². The molecule has 2 N–H and O–H groups in total. The number of nitrogens with one attached hydrogen (secondary N) is 1. The van der Waals surface area contributed by atoms with Crippen LogP contribution < -0.4 is 5.48 Å². The molecule has 2 rings (SSSR count). The average molecular weight is 340 g/mol. The van der Waals surface area contributed by atoms with Gasteiger partial charge in [0.15, 0.2) is 9.84 Å². The molecule has 1 aliphatic carbocycles. The van der Waals surface area contributed by atoms with Crippen LogP contribution in [0, 0.1) is 17.8 Å². The van der Waals surface area contributed by atoms with Crippen molar-refractivity contribution in [3.63, 3.8) is 0 Å². The zero-order chi connectivity index (χ0) is 17.1. The van der Waals surface area contributed by atoms with E-state index in [-0.39, 0.29) is 12.8 Å². The monoisotopic (exact) mass is 340 g/mol. The lowest BCUT2D eigenvalue weighted by atomic mass is 9.86. The Hall–Kier alpha value is -1.85. The molecule has 0 spiro atoms. The van der Waals surface area contributed by atoms with E-state index in [1.807, 2.05) is 0 Å². The normalized spacial score (nSPS) is 17.5. The van der Waals surface area contributed by atoms with E-state index >= 15 is 0 Å². The molecule has 126 valence electrons. The Balaban J connectivity index is 2.05. The van der Waals surface area contributed by atoms with Gasteiger partial charge in [-0.25, -0.2) is 13.9 Å². The number of aryl methyl sites for hydroxylation is 1. The third-order valence-electron chi connectivity index (χ3n) is 4.32. The van der Waals surface area contributed by atoms with E-state index in [1.54, 1.807) is 6.07 Å². The number of carbonyl (C=O) groups excluding carboxylic acids is 1. The summed E-state index contributed by atoms with van der Waals surface area (Å²) < 4.78 is 27.1. The molecule has 1 heterocycles. The maximum atomic E-state index is 11.9. The number of carbonyl (C=O) groups is 1. The minimum absolute atomic E-state index is 0.0275. The highest BCUT2D eigenvalue weighted by atomic mass is 32.2. The number of sulfone groups is 1. The first-order valence-electron chi connectivity index (χ1n) is 7.37. The van der Waals surface area contributed by atoms with Crippen LogP contribution in [0.5, 0.6) is 0 Å². The first-order valence-corrected chi connectivity index (χ1v) is 9.26. The molecule has 0 bridgehead atoms. The molecular weight excluding hydrogens is 320 g/mol. The number of aromatic nitrogens is 1. The van der Waals surface area contributed by atoms with Gasteiger partial charge in [0.1, 0.15) is 4.75 Å². The summed E-state index contributed by atoms with van der Waals surface area (Å²) in [7, 11) is -3.71. The van der Waals surface area contributed by atoms with Gasteiger partial charge in [-0.2, -0.15) is 0 Å². The number of hydrogen-bond donors (Lipinski definition) is 2. The van der Waals surface area contributed by atoms with Gasteiger partial charge in [-0.15, -0.1) is 0 Å². The van der Waals surface area contributed by atoms with Gasteiger partial charge in [-0.05, 0) is 38.5 Å². The third kappa shape index (κ3) is 3.92. The molecule has 1 saturated carbocycles. The van der Waals surface area contributed by atoms with Crippen molar-refractivity contribution in [2.45, 2.75) is 43.8 Å². The highest BCUT2D eigenvalue weighted by Gasteiger charge is 2.43. The lowest BCUT2D eigenvalue weighted by Gasteiger charge is -2.24. The van der Waals surface area contributed by atoms with Crippen LogP contribution in [0.2, 0.25) is 0 Å². The quantitative estimate of drug-likeness (QED) is 0.471. The second-order valence-corrected chi connectivity index (χ2v) is 8.47. The molecule has 0 saturated heterocycles. The zero-order valence-electron chi connectivity index (χ0n) is 13.1. The second-order valence-electron chi connectivity index (χ2n) is 6.02. The van der Waals surface area contributed by atoms with E-state index in [0.717, 1.165) is 19.1 Å². The fraction of sp³-hybridized carbons (Fsp3) is 0.600. The van der Waals surface area contributed by atoms with Gasteiger partial charge in [0, 0.05) is 18.2 Å². The van der Waals surface area contributed by atoms with E-state index in [4.69, 9.17) is 9.73 Å². The molecule has 1 amide bonds. The van der Waals surface area contributed by atoms with Crippen molar-refractivity contribution in [2.24, 2.45) is 5.92 Å². The van der Waals surface area contributed by atoms with Crippen LogP contribution in [0.15, 0.2) is 10.6 Å². The third-order valence-corrected chi connectivity index (χ3v) is 6.35. The van der Waals surface area contributed by atoms with Crippen molar-refractivity contribution in [3.8, 4) is 11.8 Å². The van der Waals surface area contributed by atoms with E-state index < -0.39 is 20.5 Å². The van der Waals surface area contributed by atoms with Gasteiger partial charge in [0.25, 0.3) is 5.91 Å². The van der Waals surface area contributed by atoms with E-state index in [1.165, 1.54) is 18.8 Å². The summed E-state index contributed by atoms with van der Waals surface area (Å²) in [5, 5.41) is 12.6. The molecule has 1 aliphatic rings. The Bertz CT molecular complexity index is 739. The van der Waals surface area contributed by atoms with Crippen molar-refractivity contribution in [2.75, 3.05) is 6.26 Å². The van der Waals surface area contributed by atoms with Crippen molar-refractivity contribution >= 4 is 15.7 Å². The van der Waals surface area contributed by atoms with Crippen molar-refractivity contribution in [1.29, 1.82) is 0 Å². The summed E-state index contributed by atoms with van der Waals surface area (Å²) in [4.78, 5) is 11.7. The minimum Gasteiger partial charge on any atom is -0.347 e. The Kier molecular flexibility index (Phi) is 5.12. The molecule has 0 aliphatic heterocycles. The largest absolute Gasteiger partial charge is 0.347 e. The van der Waals surface area contributed by atoms with Crippen LogP contribution in [0.4, 0.5) is 0 Å². The standard InChI is InChI=1S/C15H20N2O5S/c1-15(14(18)16-19,23(2,20)21)9-8-12-10-13(22-17-12)7-6-11-4-3-5-11/h10-11,19H,3-5,8-9H2,1-2H3,(H,16,18)/t15-/m1/s1. The molecule has 0 unspecified atom stereocenters. The predicted molar refractivity (Wildman–Crippen MR) is 82.2 cm³/mol. The van der Waals surface area contributed by atoms with Gasteiger partial charge in [-0.1, -0.05) is 17.5 Å². The second kappa shape index (κ2) is 6.72. The predicted octanol–water partition coefficient (Wildman–Crippen LogP) is 1.07. The van der Waals surface area contributed by atoms with E-state index in [9.17, 15) is 13.2 Å².